The minimum Gasteiger partial charge on any atom is -0.500 e. The number of rotatable bonds is 3. The fraction of sp³-hybridized carbons (Fsp3) is 0.444. The molecule has 26 heavy (non-hydrogen) atoms. The average Bonchev–Trinajstić information content (AvgIpc) is 2.52. The molecule has 0 fully saturated rings. The number of Topliss-reactive ketones (excluding diaryl/α,β-unsaturated/α-hetero) is 1. The molecule has 1 amide bonds. The number of nitrogens with one attached hydrogen (secondary N) is 1. The number of benzene rings is 1. The molecular weight excluding hydrogens is 340 g/mol. The van der Waals surface area contributed by atoms with E-state index in [1.807, 2.05) is 13.8 Å². The number of nitrogens with zero attached hydrogens (tertiary/aromatic N) is 1. The van der Waals surface area contributed by atoms with E-state index in [1.165, 1.54) is 19.2 Å². The van der Waals surface area contributed by atoms with E-state index in [9.17, 15) is 24.8 Å². The predicted molar refractivity (Wildman–Crippen MR) is 91.9 cm³/mol. The topological polar surface area (TPSA) is 119 Å². The number of nitro groups is 1. The number of carbonyl (C=O) groups is 2. The molecule has 1 aromatic rings. The molecule has 0 saturated carbocycles. The third-order valence-corrected chi connectivity index (χ3v) is 4.84. The normalized spacial score (nSPS) is 21.9. The number of amides is 1. The number of ether oxygens (including phenoxy) is 1. The summed E-state index contributed by atoms with van der Waals surface area (Å²) in [4.78, 5) is 35.5. The van der Waals surface area contributed by atoms with Gasteiger partial charge in [-0.25, -0.2) is 0 Å². The van der Waals surface area contributed by atoms with Gasteiger partial charge in [0.15, 0.2) is 11.5 Å². The van der Waals surface area contributed by atoms with E-state index in [0.717, 1.165) is 0 Å². The molecule has 1 aromatic carbocycles. The lowest BCUT2D eigenvalue weighted by Gasteiger charge is -2.37. The summed E-state index contributed by atoms with van der Waals surface area (Å²) in [6.45, 7) is 3.91. The maximum Gasteiger partial charge on any atom is 0.314 e. The molecule has 0 bridgehead atoms. The van der Waals surface area contributed by atoms with Gasteiger partial charge in [-0.3, -0.25) is 19.7 Å². The molecule has 8 heteroatoms. The van der Waals surface area contributed by atoms with Gasteiger partial charge in [0, 0.05) is 36.1 Å². The summed E-state index contributed by atoms with van der Waals surface area (Å²) in [6, 6.07) is 2.65. The molecule has 0 radical (unpaired) electrons. The highest BCUT2D eigenvalue weighted by Gasteiger charge is 2.41. The molecule has 3 rings (SSSR count). The van der Waals surface area contributed by atoms with Crippen LogP contribution in [0.3, 0.4) is 0 Å². The highest BCUT2D eigenvalue weighted by Crippen LogP contribution is 2.46. The summed E-state index contributed by atoms with van der Waals surface area (Å²) in [5, 5.41) is 24.0. The Morgan fingerprint density at radius 3 is 2.62 bits per heavy atom. The van der Waals surface area contributed by atoms with Crippen LogP contribution in [0.15, 0.2) is 23.4 Å². The van der Waals surface area contributed by atoms with Gasteiger partial charge in [-0.1, -0.05) is 13.8 Å². The number of phenols is 1. The zero-order chi connectivity index (χ0) is 19.2. The van der Waals surface area contributed by atoms with Crippen LogP contribution in [-0.4, -0.2) is 28.8 Å². The van der Waals surface area contributed by atoms with Crippen molar-refractivity contribution in [2.75, 3.05) is 7.11 Å². The lowest BCUT2D eigenvalue weighted by atomic mass is 9.70. The number of phenolic OH excluding ortho intramolecular Hbond substituents is 1. The van der Waals surface area contributed by atoms with Crippen LogP contribution < -0.4 is 10.1 Å². The van der Waals surface area contributed by atoms with E-state index in [4.69, 9.17) is 4.74 Å². The maximum absolute atomic E-state index is 12.8. The standard InChI is InChI=1S/C18H20N2O6/c1-18(2)7-11-16(13(21)8-18)10(6-15(22)19-11)9-4-12(20(24)25)17(23)14(5-9)26-3/h4-5,10,23H,6-8H2,1-3H3,(H,19,22)/t10-/m1/s1. The van der Waals surface area contributed by atoms with Crippen molar-refractivity contribution in [1.82, 2.24) is 5.32 Å². The van der Waals surface area contributed by atoms with Crippen molar-refractivity contribution in [3.63, 3.8) is 0 Å². The third-order valence-electron chi connectivity index (χ3n) is 4.84. The van der Waals surface area contributed by atoms with Gasteiger partial charge in [0.1, 0.15) is 0 Å². The van der Waals surface area contributed by atoms with Gasteiger partial charge < -0.3 is 15.2 Å². The average molecular weight is 360 g/mol. The van der Waals surface area contributed by atoms with Crippen molar-refractivity contribution in [3.8, 4) is 11.5 Å². The number of hydrogen-bond donors (Lipinski definition) is 2. The lowest BCUT2D eigenvalue weighted by Crippen LogP contribution is -2.40. The van der Waals surface area contributed by atoms with Gasteiger partial charge in [-0.15, -0.1) is 0 Å². The predicted octanol–water partition coefficient (Wildman–Crippen LogP) is 2.56. The second-order valence-corrected chi connectivity index (χ2v) is 7.49. The Balaban J connectivity index is 2.16. The first kappa shape index (κ1) is 17.9. The SMILES string of the molecule is COc1cc([C@H]2CC(=O)NC3=C2C(=O)CC(C)(C)C3)cc([N+](=O)[O-])c1O. The number of methoxy groups -OCH3 is 1. The largest absolute Gasteiger partial charge is 0.500 e. The molecule has 2 N–H and O–H groups in total. The van der Waals surface area contributed by atoms with E-state index in [2.05, 4.69) is 5.32 Å². The first-order valence-electron chi connectivity index (χ1n) is 8.24. The van der Waals surface area contributed by atoms with E-state index in [-0.39, 0.29) is 29.3 Å². The van der Waals surface area contributed by atoms with Gasteiger partial charge in [0.2, 0.25) is 11.7 Å². The molecule has 2 aliphatic rings. The van der Waals surface area contributed by atoms with Crippen LogP contribution in [0.1, 0.15) is 44.6 Å². The van der Waals surface area contributed by atoms with E-state index < -0.39 is 22.3 Å². The van der Waals surface area contributed by atoms with Crippen LogP contribution in [0.4, 0.5) is 5.69 Å². The lowest BCUT2D eigenvalue weighted by molar-refractivity contribution is -0.386. The Bertz CT molecular complexity index is 855. The molecule has 0 spiro atoms. The Hall–Kier alpha value is -2.90. The molecule has 0 unspecified atom stereocenters. The maximum atomic E-state index is 12.8. The number of carbonyl (C=O) groups excluding carboxylic acids is 2. The van der Waals surface area contributed by atoms with Crippen molar-refractivity contribution in [2.24, 2.45) is 5.41 Å². The smallest absolute Gasteiger partial charge is 0.314 e. The summed E-state index contributed by atoms with van der Waals surface area (Å²) in [5.74, 6) is -1.56. The van der Waals surface area contributed by atoms with E-state index in [1.54, 1.807) is 0 Å². The molecule has 1 heterocycles. The van der Waals surface area contributed by atoms with Crippen LogP contribution in [-0.2, 0) is 9.59 Å². The monoisotopic (exact) mass is 360 g/mol. The van der Waals surface area contributed by atoms with Crippen LogP contribution in [0, 0.1) is 15.5 Å². The van der Waals surface area contributed by atoms with Crippen molar-refractivity contribution in [2.45, 2.75) is 39.0 Å². The summed E-state index contributed by atoms with van der Waals surface area (Å²) in [6.07, 6.45) is 0.902. The van der Waals surface area contributed by atoms with Gasteiger partial charge in [0.05, 0.1) is 12.0 Å². The first-order chi connectivity index (χ1) is 12.1. The van der Waals surface area contributed by atoms with Crippen molar-refractivity contribution < 1.29 is 24.4 Å². The zero-order valence-corrected chi connectivity index (χ0v) is 14.8. The Morgan fingerprint density at radius 2 is 2.00 bits per heavy atom. The fourth-order valence-corrected chi connectivity index (χ4v) is 3.75. The first-order valence-corrected chi connectivity index (χ1v) is 8.24. The van der Waals surface area contributed by atoms with Gasteiger partial charge in [-0.05, 0) is 23.5 Å². The number of ketones is 1. The molecule has 0 saturated heterocycles. The van der Waals surface area contributed by atoms with Crippen LogP contribution in [0.5, 0.6) is 11.5 Å². The van der Waals surface area contributed by atoms with Crippen LogP contribution >= 0.6 is 0 Å². The quantitative estimate of drug-likeness (QED) is 0.631. The summed E-state index contributed by atoms with van der Waals surface area (Å²) in [7, 11) is 1.29. The Kier molecular flexibility index (Phi) is 4.21. The molecule has 1 aliphatic heterocycles. The van der Waals surface area contributed by atoms with Crippen molar-refractivity contribution in [1.29, 1.82) is 0 Å². The summed E-state index contributed by atoms with van der Waals surface area (Å²) >= 11 is 0. The number of nitro benzene ring substituents is 1. The van der Waals surface area contributed by atoms with Gasteiger partial charge >= 0.3 is 5.69 Å². The number of aromatic hydroxyl groups is 1. The molecular formula is C18H20N2O6. The molecule has 1 atom stereocenters. The summed E-state index contributed by atoms with van der Waals surface area (Å²) < 4.78 is 5.03. The minimum absolute atomic E-state index is 0.0100. The Morgan fingerprint density at radius 1 is 1.31 bits per heavy atom. The van der Waals surface area contributed by atoms with E-state index >= 15 is 0 Å². The Labute approximate surface area is 150 Å². The molecule has 0 aromatic heterocycles. The van der Waals surface area contributed by atoms with Crippen LogP contribution in [0.2, 0.25) is 0 Å². The highest BCUT2D eigenvalue weighted by atomic mass is 16.6. The van der Waals surface area contributed by atoms with E-state index in [0.29, 0.717) is 29.7 Å². The third kappa shape index (κ3) is 3.02. The minimum atomic E-state index is -0.717. The van der Waals surface area contributed by atoms with Crippen molar-refractivity contribution >= 4 is 17.4 Å². The van der Waals surface area contributed by atoms with Gasteiger partial charge in [0.25, 0.3) is 0 Å². The highest BCUT2D eigenvalue weighted by molar-refractivity contribution is 6.02. The second kappa shape index (κ2) is 6.12. The molecule has 1 aliphatic carbocycles. The zero-order valence-electron chi connectivity index (χ0n) is 14.8. The van der Waals surface area contributed by atoms with Crippen LogP contribution in [0.25, 0.3) is 0 Å². The molecule has 8 nitrogen and oxygen atoms in total. The second-order valence-electron chi connectivity index (χ2n) is 7.49. The number of allylic oxidation sites excluding steroid dienone is 2. The van der Waals surface area contributed by atoms with Gasteiger partial charge in [-0.2, -0.15) is 0 Å². The number of hydrogen-bond acceptors (Lipinski definition) is 6. The molecule has 138 valence electrons. The van der Waals surface area contributed by atoms with Crippen molar-refractivity contribution in [3.05, 3.63) is 39.1 Å². The summed E-state index contributed by atoms with van der Waals surface area (Å²) in [5.41, 5.74) is 0.704. The fourth-order valence-electron chi connectivity index (χ4n) is 3.75.